The van der Waals surface area contributed by atoms with Gasteiger partial charge in [-0.1, -0.05) is 82.7 Å². The second-order valence-electron chi connectivity index (χ2n) is 8.39. The number of nitrogens with zero attached hydrogens (tertiary/aromatic N) is 1. The van der Waals surface area contributed by atoms with E-state index in [0.29, 0.717) is 6.54 Å². The normalized spacial score (nSPS) is 25.9. The summed E-state index contributed by atoms with van der Waals surface area (Å²) in [5.74, 6) is -0.166. The maximum atomic E-state index is 13.3. The summed E-state index contributed by atoms with van der Waals surface area (Å²) in [5, 5.41) is 3.50. The molecular weight excluding hydrogens is 336 g/mol. The third-order valence-corrected chi connectivity index (χ3v) is 5.73. The lowest BCUT2D eigenvalue weighted by Crippen LogP contribution is -2.74. The van der Waals surface area contributed by atoms with Gasteiger partial charge in [-0.3, -0.25) is 19.8 Å². The Morgan fingerprint density at radius 3 is 1.74 bits per heavy atom. The lowest BCUT2D eigenvalue weighted by molar-refractivity contribution is -0.162. The molecule has 1 aromatic rings. The highest BCUT2D eigenvalue weighted by atomic mass is 16.2. The van der Waals surface area contributed by atoms with E-state index in [1.54, 1.807) is 0 Å². The molecule has 0 aliphatic carbocycles. The maximum Gasteiger partial charge on any atom is 0.249 e. The molecule has 0 bridgehead atoms. The van der Waals surface area contributed by atoms with E-state index in [4.69, 9.17) is 0 Å². The smallest absolute Gasteiger partial charge is 0.249 e. The molecule has 2 rings (SSSR count). The molecule has 1 aliphatic heterocycles. The van der Waals surface area contributed by atoms with Crippen LogP contribution in [0.2, 0.25) is 0 Å². The number of benzene rings is 1. The summed E-state index contributed by atoms with van der Waals surface area (Å²) >= 11 is 0. The highest BCUT2D eigenvalue weighted by molar-refractivity contribution is 6.06. The zero-order valence-electron chi connectivity index (χ0n) is 17.5. The van der Waals surface area contributed by atoms with Crippen LogP contribution < -0.4 is 5.32 Å². The predicted octanol–water partition coefficient (Wildman–Crippen LogP) is 4.82. The minimum absolute atomic E-state index is 0.0829. The number of hydrogen-bond donors (Lipinski definition) is 1. The lowest BCUT2D eigenvalue weighted by atomic mass is 9.81. The molecular formula is C23H36N2O2. The van der Waals surface area contributed by atoms with E-state index in [1.807, 2.05) is 44.2 Å². The van der Waals surface area contributed by atoms with E-state index in [1.165, 1.54) is 4.90 Å². The van der Waals surface area contributed by atoms with Crippen LogP contribution in [0.15, 0.2) is 30.3 Å². The van der Waals surface area contributed by atoms with Crippen LogP contribution >= 0.6 is 0 Å². The molecule has 1 aliphatic rings. The molecule has 0 aromatic heterocycles. The van der Waals surface area contributed by atoms with Crippen LogP contribution in [0.25, 0.3) is 0 Å². The predicted molar refractivity (Wildman–Crippen MR) is 110 cm³/mol. The molecule has 0 spiro atoms. The number of unbranched alkanes of at least 4 members (excludes halogenated alkanes) is 4. The fourth-order valence-electron chi connectivity index (χ4n) is 4.11. The first-order valence-corrected chi connectivity index (χ1v) is 10.6. The fraction of sp³-hybridized carbons (Fsp3) is 0.652. The largest absolute Gasteiger partial charge is 0.290 e. The van der Waals surface area contributed by atoms with Crippen molar-refractivity contribution >= 4 is 11.8 Å². The first kappa shape index (κ1) is 21.6. The van der Waals surface area contributed by atoms with Crippen molar-refractivity contribution in [1.82, 2.24) is 10.2 Å². The van der Waals surface area contributed by atoms with Gasteiger partial charge in [-0.05, 0) is 32.3 Å². The standard InChI is InChI=1S/C23H36N2O2/c1-5-7-12-16-22(3)20(26)25(18-19-14-10-9-11-15-19)21(27)23(4,24-22)17-13-8-6-2/h9-11,14-15,24H,5-8,12-13,16-18H2,1-4H3. The topological polar surface area (TPSA) is 49.4 Å². The Hall–Kier alpha value is -1.68. The summed E-state index contributed by atoms with van der Waals surface area (Å²) in [6, 6.07) is 9.81. The van der Waals surface area contributed by atoms with Crippen molar-refractivity contribution < 1.29 is 9.59 Å². The number of carbonyl (C=O) groups is 2. The molecule has 2 atom stereocenters. The van der Waals surface area contributed by atoms with Gasteiger partial charge in [0.05, 0.1) is 17.6 Å². The van der Waals surface area contributed by atoms with E-state index >= 15 is 0 Å². The van der Waals surface area contributed by atoms with Crippen LogP contribution in [0.5, 0.6) is 0 Å². The van der Waals surface area contributed by atoms with Crippen molar-refractivity contribution in [3.63, 3.8) is 0 Å². The molecule has 1 fully saturated rings. The molecule has 1 aromatic carbocycles. The van der Waals surface area contributed by atoms with Gasteiger partial charge in [0, 0.05) is 0 Å². The number of amides is 2. The van der Waals surface area contributed by atoms with Crippen LogP contribution in [0.1, 0.15) is 84.6 Å². The van der Waals surface area contributed by atoms with E-state index in [0.717, 1.165) is 56.9 Å². The quantitative estimate of drug-likeness (QED) is 0.473. The molecule has 1 N–H and O–H groups in total. The van der Waals surface area contributed by atoms with E-state index in [2.05, 4.69) is 19.2 Å². The Kier molecular flexibility index (Phi) is 7.60. The minimum atomic E-state index is -0.682. The van der Waals surface area contributed by atoms with Crippen LogP contribution in [0.4, 0.5) is 0 Å². The Balaban J connectivity index is 2.28. The zero-order valence-corrected chi connectivity index (χ0v) is 17.5. The zero-order chi connectivity index (χ0) is 19.9. The highest BCUT2D eigenvalue weighted by Crippen LogP contribution is 2.32. The average Bonchev–Trinajstić information content (AvgIpc) is 2.65. The molecule has 1 saturated heterocycles. The van der Waals surface area contributed by atoms with Gasteiger partial charge in [-0.15, -0.1) is 0 Å². The van der Waals surface area contributed by atoms with E-state index in [9.17, 15) is 9.59 Å². The Bertz CT molecular complexity index is 597. The molecule has 27 heavy (non-hydrogen) atoms. The van der Waals surface area contributed by atoms with Crippen molar-refractivity contribution in [3.8, 4) is 0 Å². The molecule has 2 amide bonds. The molecule has 4 heteroatoms. The summed E-state index contributed by atoms with van der Waals surface area (Å²) in [5.41, 5.74) is -0.370. The van der Waals surface area contributed by atoms with E-state index < -0.39 is 11.1 Å². The molecule has 0 saturated carbocycles. The Morgan fingerprint density at radius 2 is 1.30 bits per heavy atom. The number of carbonyl (C=O) groups excluding carboxylic acids is 2. The van der Waals surface area contributed by atoms with Gasteiger partial charge in [0.25, 0.3) is 0 Å². The minimum Gasteiger partial charge on any atom is -0.290 e. The number of hydrogen-bond acceptors (Lipinski definition) is 3. The van der Waals surface area contributed by atoms with Crippen molar-refractivity contribution in [2.24, 2.45) is 0 Å². The summed E-state index contributed by atoms with van der Waals surface area (Å²) in [6.45, 7) is 8.64. The van der Waals surface area contributed by atoms with Gasteiger partial charge in [0.15, 0.2) is 0 Å². The van der Waals surface area contributed by atoms with Gasteiger partial charge in [0.1, 0.15) is 0 Å². The lowest BCUT2D eigenvalue weighted by Gasteiger charge is -2.48. The SMILES string of the molecule is CCCCCC1(C)NC(C)(CCCCC)C(=O)N(Cc2ccccc2)C1=O. The first-order chi connectivity index (χ1) is 12.9. The van der Waals surface area contributed by atoms with Gasteiger partial charge in [0.2, 0.25) is 11.8 Å². The molecule has 2 unspecified atom stereocenters. The van der Waals surface area contributed by atoms with Gasteiger partial charge in [-0.2, -0.15) is 0 Å². The van der Waals surface area contributed by atoms with Crippen LogP contribution in [-0.4, -0.2) is 27.8 Å². The first-order valence-electron chi connectivity index (χ1n) is 10.6. The fourth-order valence-corrected chi connectivity index (χ4v) is 4.11. The monoisotopic (exact) mass is 372 g/mol. The summed E-state index contributed by atoms with van der Waals surface area (Å²) < 4.78 is 0. The number of imide groups is 1. The molecule has 1 heterocycles. The summed E-state index contributed by atoms with van der Waals surface area (Å²) in [6.07, 6.45) is 7.94. The van der Waals surface area contributed by atoms with Crippen LogP contribution in [0.3, 0.4) is 0 Å². The Labute approximate surface area is 164 Å². The second-order valence-corrected chi connectivity index (χ2v) is 8.39. The third-order valence-electron chi connectivity index (χ3n) is 5.73. The molecule has 4 nitrogen and oxygen atoms in total. The third kappa shape index (κ3) is 5.19. The van der Waals surface area contributed by atoms with Crippen LogP contribution in [-0.2, 0) is 16.1 Å². The van der Waals surface area contributed by atoms with Crippen molar-refractivity contribution in [2.45, 2.75) is 96.7 Å². The average molecular weight is 373 g/mol. The number of piperazine rings is 1. The Morgan fingerprint density at radius 1 is 0.815 bits per heavy atom. The molecule has 0 radical (unpaired) electrons. The van der Waals surface area contributed by atoms with Crippen molar-refractivity contribution in [2.75, 3.05) is 0 Å². The molecule has 150 valence electrons. The van der Waals surface area contributed by atoms with Gasteiger partial charge < -0.3 is 0 Å². The number of rotatable bonds is 10. The second kappa shape index (κ2) is 9.50. The van der Waals surface area contributed by atoms with Gasteiger partial charge >= 0.3 is 0 Å². The number of nitrogens with one attached hydrogen (secondary N) is 1. The van der Waals surface area contributed by atoms with E-state index in [-0.39, 0.29) is 11.8 Å². The summed E-state index contributed by atoms with van der Waals surface area (Å²) in [7, 11) is 0. The van der Waals surface area contributed by atoms with Crippen LogP contribution in [0, 0.1) is 0 Å². The van der Waals surface area contributed by atoms with Crippen molar-refractivity contribution in [3.05, 3.63) is 35.9 Å². The highest BCUT2D eigenvalue weighted by Gasteiger charge is 2.53. The maximum absolute atomic E-state index is 13.3. The van der Waals surface area contributed by atoms with Crippen molar-refractivity contribution in [1.29, 1.82) is 0 Å². The summed E-state index contributed by atoms with van der Waals surface area (Å²) in [4.78, 5) is 28.1. The van der Waals surface area contributed by atoms with Gasteiger partial charge in [-0.25, -0.2) is 0 Å².